The summed E-state index contributed by atoms with van der Waals surface area (Å²) in [7, 11) is 0. The lowest BCUT2D eigenvalue weighted by molar-refractivity contribution is 0.102. The van der Waals surface area contributed by atoms with Gasteiger partial charge in [-0.15, -0.1) is 11.3 Å². The summed E-state index contributed by atoms with van der Waals surface area (Å²) in [5.41, 5.74) is 4.67. The second-order valence-electron chi connectivity index (χ2n) is 9.57. The zero-order valence-electron chi connectivity index (χ0n) is 19.0. The summed E-state index contributed by atoms with van der Waals surface area (Å²) in [6, 6.07) is 14.0. The van der Waals surface area contributed by atoms with Crippen molar-refractivity contribution >= 4 is 34.1 Å². The smallest absolute Gasteiger partial charge is 0.259 e. The highest BCUT2D eigenvalue weighted by Gasteiger charge is 2.33. The predicted molar refractivity (Wildman–Crippen MR) is 132 cm³/mol. The third-order valence-corrected chi connectivity index (χ3v) is 7.46. The lowest BCUT2D eigenvalue weighted by Gasteiger charge is -2.33. The second-order valence-corrected chi connectivity index (χ2v) is 10.7. The van der Waals surface area contributed by atoms with E-state index in [2.05, 4.69) is 26.1 Å². The van der Waals surface area contributed by atoms with Crippen LogP contribution >= 0.6 is 11.3 Å². The lowest BCUT2D eigenvalue weighted by Crippen LogP contribution is -2.27. The third-order valence-electron chi connectivity index (χ3n) is 6.29. The Morgan fingerprint density at radius 1 is 1.16 bits per heavy atom. The summed E-state index contributed by atoms with van der Waals surface area (Å²) in [5.74, 6) is 0.187. The number of halogens is 1. The Morgan fingerprint density at radius 3 is 2.56 bits per heavy atom. The van der Waals surface area contributed by atoms with Gasteiger partial charge in [-0.3, -0.25) is 4.79 Å². The molecule has 0 spiro atoms. The van der Waals surface area contributed by atoms with Crippen LogP contribution in [0.5, 0.6) is 0 Å². The molecule has 1 unspecified atom stereocenters. The van der Waals surface area contributed by atoms with Crippen LogP contribution in [-0.4, -0.2) is 12.1 Å². The molecule has 3 nitrogen and oxygen atoms in total. The van der Waals surface area contributed by atoms with Gasteiger partial charge in [-0.1, -0.05) is 51.1 Å². The summed E-state index contributed by atoms with van der Waals surface area (Å²) in [4.78, 5) is 19.4. The van der Waals surface area contributed by atoms with Gasteiger partial charge in [0.2, 0.25) is 0 Å². The quantitative estimate of drug-likeness (QED) is 0.417. The molecule has 0 radical (unpaired) electrons. The van der Waals surface area contributed by atoms with Gasteiger partial charge in [-0.25, -0.2) is 9.38 Å². The molecular weight excluding hydrogens is 419 g/mol. The van der Waals surface area contributed by atoms with Crippen molar-refractivity contribution in [3.8, 4) is 0 Å². The van der Waals surface area contributed by atoms with E-state index in [0.29, 0.717) is 11.5 Å². The molecule has 166 valence electrons. The van der Waals surface area contributed by atoms with Gasteiger partial charge in [0.05, 0.1) is 5.56 Å². The summed E-state index contributed by atoms with van der Waals surface area (Å²) in [6.45, 7) is 8.85. The van der Waals surface area contributed by atoms with E-state index >= 15 is 0 Å². The number of aryl methyl sites for hydroxylation is 1. The first-order valence-electron chi connectivity index (χ1n) is 11.0. The Kier molecular flexibility index (Phi) is 6.29. The van der Waals surface area contributed by atoms with E-state index in [9.17, 15) is 9.18 Å². The van der Waals surface area contributed by atoms with E-state index in [1.165, 1.54) is 17.0 Å². The Morgan fingerprint density at radius 2 is 1.88 bits per heavy atom. The number of hydrogen-bond acceptors (Lipinski definition) is 3. The number of nitrogens with one attached hydrogen (secondary N) is 1. The molecule has 0 saturated heterocycles. The highest BCUT2D eigenvalue weighted by atomic mass is 32.1. The number of para-hydroxylation sites is 1. The Balaban J connectivity index is 1.71. The van der Waals surface area contributed by atoms with Gasteiger partial charge in [0, 0.05) is 16.8 Å². The van der Waals surface area contributed by atoms with Crippen LogP contribution in [0.4, 0.5) is 15.1 Å². The number of fused-ring (bicyclic) bond motifs is 1. The largest absolute Gasteiger partial charge is 0.322 e. The molecule has 4 rings (SSSR count). The number of benzene rings is 2. The first-order valence-corrected chi connectivity index (χ1v) is 11.8. The first kappa shape index (κ1) is 22.4. The number of rotatable bonds is 4. The average molecular weight is 449 g/mol. The van der Waals surface area contributed by atoms with Crippen LogP contribution in [-0.2, 0) is 12.8 Å². The standard InChI is InChI=1S/C27H29FN2OS/c1-17-7-5-6-8-22(17)30-25(31)24-21-14-11-19(27(2,3)4)15-23(21)32-26(24)29-16-18-9-12-20(28)13-10-18/h5-10,12-13,16,19H,11,14-15H2,1-4H3,(H,30,31). The van der Waals surface area contributed by atoms with Crippen LogP contribution in [0.2, 0.25) is 0 Å². The van der Waals surface area contributed by atoms with Crippen molar-refractivity contribution in [2.45, 2.75) is 47.0 Å². The molecule has 0 bridgehead atoms. The Labute approximate surface area is 193 Å². The van der Waals surface area contributed by atoms with Crippen LogP contribution in [0.25, 0.3) is 0 Å². The van der Waals surface area contributed by atoms with Crippen molar-refractivity contribution < 1.29 is 9.18 Å². The van der Waals surface area contributed by atoms with Crippen molar-refractivity contribution in [1.29, 1.82) is 0 Å². The maximum atomic E-state index is 13.4. The van der Waals surface area contributed by atoms with Gasteiger partial charge in [0.25, 0.3) is 5.91 Å². The summed E-state index contributed by atoms with van der Waals surface area (Å²) in [5, 5.41) is 3.82. The fourth-order valence-electron chi connectivity index (χ4n) is 4.22. The van der Waals surface area contributed by atoms with E-state index in [0.717, 1.165) is 46.6 Å². The molecule has 1 aliphatic rings. The van der Waals surface area contributed by atoms with Gasteiger partial charge in [0.15, 0.2) is 0 Å². The molecule has 1 amide bonds. The van der Waals surface area contributed by atoms with Gasteiger partial charge >= 0.3 is 0 Å². The van der Waals surface area contributed by atoms with E-state index in [1.807, 2.05) is 31.2 Å². The maximum absolute atomic E-state index is 13.4. The SMILES string of the molecule is Cc1ccccc1NC(=O)c1c(N=Cc2ccc(F)cc2)sc2c1CCC(C(C)(C)C)C2. The third kappa shape index (κ3) is 4.83. The number of carbonyl (C=O) groups is 1. The summed E-state index contributed by atoms with van der Waals surface area (Å²) < 4.78 is 13.3. The van der Waals surface area contributed by atoms with E-state index in [4.69, 9.17) is 4.99 Å². The van der Waals surface area contributed by atoms with Crippen LogP contribution in [0.3, 0.4) is 0 Å². The van der Waals surface area contributed by atoms with Crippen molar-refractivity contribution in [2.75, 3.05) is 5.32 Å². The molecule has 0 aliphatic heterocycles. The van der Waals surface area contributed by atoms with Crippen molar-refractivity contribution in [3.63, 3.8) is 0 Å². The number of carbonyl (C=O) groups excluding carboxylic acids is 1. The lowest BCUT2D eigenvalue weighted by atomic mass is 9.72. The number of nitrogens with zero attached hydrogens (tertiary/aromatic N) is 1. The van der Waals surface area contributed by atoms with Gasteiger partial charge < -0.3 is 5.32 Å². The molecule has 32 heavy (non-hydrogen) atoms. The molecule has 5 heteroatoms. The minimum atomic E-state index is -0.278. The zero-order chi connectivity index (χ0) is 22.9. The molecule has 3 aromatic rings. The molecule has 1 atom stereocenters. The minimum absolute atomic E-state index is 0.114. The van der Waals surface area contributed by atoms with Crippen molar-refractivity contribution in [1.82, 2.24) is 0 Å². The summed E-state index contributed by atoms with van der Waals surface area (Å²) in [6.07, 6.45) is 4.64. The molecule has 1 heterocycles. The van der Waals surface area contributed by atoms with E-state index in [1.54, 1.807) is 29.7 Å². The highest BCUT2D eigenvalue weighted by molar-refractivity contribution is 7.16. The van der Waals surface area contributed by atoms with E-state index < -0.39 is 0 Å². The number of amides is 1. The molecule has 1 aromatic heterocycles. The molecule has 1 N–H and O–H groups in total. The van der Waals surface area contributed by atoms with Crippen molar-refractivity contribution in [2.24, 2.45) is 16.3 Å². The van der Waals surface area contributed by atoms with Crippen molar-refractivity contribution in [3.05, 3.63) is 81.5 Å². The normalized spacial score (nSPS) is 16.2. The van der Waals surface area contributed by atoms with Gasteiger partial charge in [-0.05, 0) is 72.4 Å². The van der Waals surface area contributed by atoms with Crippen LogP contribution in [0, 0.1) is 24.1 Å². The highest BCUT2D eigenvalue weighted by Crippen LogP contribution is 2.45. The molecule has 0 fully saturated rings. The topological polar surface area (TPSA) is 41.5 Å². The number of aliphatic imine (C=N–C) groups is 1. The Hall–Kier alpha value is -2.79. The number of anilines is 1. The number of thiophene rings is 1. The van der Waals surface area contributed by atoms with Crippen LogP contribution in [0.1, 0.15) is 59.1 Å². The van der Waals surface area contributed by atoms with Crippen LogP contribution in [0.15, 0.2) is 53.5 Å². The Bertz CT molecular complexity index is 1160. The minimum Gasteiger partial charge on any atom is -0.322 e. The first-order chi connectivity index (χ1) is 15.2. The molecule has 1 aliphatic carbocycles. The maximum Gasteiger partial charge on any atom is 0.259 e. The molecular formula is C27H29FN2OS. The van der Waals surface area contributed by atoms with Gasteiger partial charge in [0.1, 0.15) is 10.8 Å². The average Bonchev–Trinajstić information content (AvgIpc) is 3.12. The van der Waals surface area contributed by atoms with Gasteiger partial charge in [-0.2, -0.15) is 0 Å². The fourth-order valence-corrected chi connectivity index (χ4v) is 5.48. The monoisotopic (exact) mass is 448 g/mol. The van der Waals surface area contributed by atoms with E-state index in [-0.39, 0.29) is 17.1 Å². The van der Waals surface area contributed by atoms with Crippen LogP contribution < -0.4 is 5.32 Å². The second kappa shape index (κ2) is 8.99. The predicted octanol–water partition coefficient (Wildman–Crippen LogP) is 7.35. The fraction of sp³-hybridized carbons (Fsp3) is 0.333. The number of hydrogen-bond donors (Lipinski definition) is 1. The molecule has 0 saturated carbocycles. The molecule has 2 aromatic carbocycles. The zero-order valence-corrected chi connectivity index (χ0v) is 19.9. The summed E-state index contributed by atoms with van der Waals surface area (Å²) >= 11 is 1.61.